The van der Waals surface area contributed by atoms with Crippen molar-refractivity contribution in [1.82, 2.24) is 5.32 Å². The van der Waals surface area contributed by atoms with Gasteiger partial charge in [-0.25, -0.2) is 8.42 Å². The average molecular weight is 614 g/mol. The van der Waals surface area contributed by atoms with Gasteiger partial charge in [0.25, 0.3) is 10.0 Å². The van der Waals surface area contributed by atoms with Crippen LogP contribution in [0.3, 0.4) is 0 Å². The molecular weight excluding hydrogens is 583 g/mol. The summed E-state index contributed by atoms with van der Waals surface area (Å²) < 4.78 is 44.5. The summed E-state index contributed by atoms with van der Waals surface area (Å²) in [5, 5.41) is 3.82. The third-order valence-corrected chi connectivity index (χ3v) is 9.09. The number of hydrogen-bond donors (Lipinski definition) is 1. The Labute approximate surface area is 243 Å². The molecule has 0 radical (unpaired) electrons. The molecule has 1 amide bonds. The number of nitrogens with zero attached hydrogens (tertiary/aromatic N) is 1. The minimum Gasteiger partial charge on any atom is -0.495 e. The summed E-state index contributed by atoms with van der Waals surface area (Å²) >= 11 is 14.1. The molecule has 39 heavy (non-hydrogen) atoms. The first-order valence-corrected chi connectivity index (χ1v) is 15.2. The lowest BCUT2D eigenvalue weighted by Crippen LogP contribution is -2.41. The third-order valence-electron chi connectivity index (χ3n) is 5.64. The van der Waals surface area contributed by atoms with Crippen molar-refractivity contribution >= 4 is 56.6 Å². The van der Waals surface area contributed by atoms with E-state index in [1.165, 1.54) is 45.6 Å². The van der Waals surface area contributed by atoms with Crippen LogP contribution in [0, 0.1) is 0 Å². The van der Waals surface area contributed by atoms with Crippen LogP contribution in [0.1, 0.15) is 12.0 Å². The van der Waals surface area contributed by atoms with E-state index in [2.05, 4.69) is 5.32 Å². The van der Waals surface area contributed by atoms with E-state index in [4.69, 9.17) is 37.4 Å². The Bertz CT molecular complexity index is 1390. The van der Waals surface area contributed by atoms with Crippen LogP contribution in [-0.2, 0) is 20.6 Å². The zero-order chi connectivity index (χ0) is 28.4. The number of hydrogen-bond acceptors (Lipinski definition) is 7. The number of benzene rings is 3. The molecule has 0 saturated heterocycles. The standard InChI is InChI=1S/C27H30Cl2N2O6S2/c1-35-24-11-9-20(28)15-23(24)31(39(33,34)21-10-12-25(36-2)26(16-21)37-3)17-27(32)30-13-6-14-38-18-19-7-4-5-8-22(19)29/h4-5,7-12,15-16H,6,13-14,17-18H2,1-3H3,(H,30,32). The molecule has 3 aromatic rings. The van der Waals surface area contributed by atoms with Gasteiger partial charge in [0.1, 0.15) is 12.3 Å². The molecule has 0 unspecified atom stereocenters. The van der Waals surface area contributed by atoms with Gasteiger partial charge in [-0.3, -0.25) is 9.10 Å². The van der Waals surface area contributed by atoms with Crippen molar-refractivity contribution in [3.05, 3.63) is 76.3 Å². The van der Waals surface area contributed by atoms with Gasteiger partial charge < -0.3 is 19.5 Å². The smallest absolute Gasteiger partial charge is 0.265 e. The molecule has 0 heterocycles. The van der Waals surface area contributed by atoms with Crippen LogP contribution in [0.2, 0.25) is 10.0 Å². The van der Waals surface area contributed by atoms with Crippen LogP contribution in [0.5, 0.6) is 17.2 Å². The van der Waals surface area contributed by atoms with Crippen molar-refractivity contribution in [2.45, 2.75) is 17.1 Å². The molecule has 3 rings (SSSR count). The van der Waals surface area contributed by atoms with Crippen molar-refractivity contribution in [3.63, 3.8) is 0 Å². The van der Waals surface area contributed by atoms with Gasteiger partial charge in [-0.15, -0.1) is 0 Å². The molecule has 0 aliphatic carbocycles. The first kappa shape index (κ1) is 30.7. The minimum absolute atomic E-state index is 0.0917. The Morgan fingerprint density at radius 1 is 0.923 bits per heavy atom. The number of anilines is 1. The lowest BCUT2D eigenvalue weighted by molar-refractivity contribution is -0.119. The van der Waals surface area contributed by atoms with Crippen LogP contribution in [0.25, 0.3) is 0 Å². The fourth-order valence-corrected chi connectivity index (χ4v) is 6.50. The number of sulfonamides is 1. The van der Waals surface area contributed by atoms with E-state index in [1.54, 1.807) is 23.9 Å². The van der Waals surface area contributed by atoms with Crippen molar-refractivity contribution in [2.75, 3.05) is 44.5 Å². The van der Waals surface area contributed by atoms with Gasteiger partial charge in [-0.05, 0) is 54.1 Å². The zero-order valence-corrected chi connectivity index (χ0v) is 24.9. The van der Waals surface area contributed by atoms with E-state index < -0.39 is 22.5 Å². The summed E-state index contributed by atoms with van der Waals surface area (Å²) in [5.74, 6) is 1.93. The molecule has 210 valence electrons. The highest BCUT2D eigenvalue weighted by molar-refractivity contribution is 7.98. The van der Waals surface area contributed by atoms with Crippen LogP contribution < -0.4 is 23.8 Å². The predicted molar refractivity (Wildman–Crippen MR) is 157 cm³/mol. The Morgan fingerprint density at radius 2 is 1.62 bits per heavy atom. The molecule has 0 atom stereocenters. The van der Waals surface area contributed by atoms with Gasteiger partial charge in [0, 0.05) is 28.4 Å². The number of carbonyl (C=O) groups is 1. The van der Waals surface area contributed by atoms with E-state index in [-0.39, 0.29) is 27.1 Å². The molecule has 0 saturated carbocycles. The molecule has 0 aromatic heterocycles. The summed E-state index contributed by atoms with van der Waals surface area (Å²) in [4.78, 5) is 12.9. The molecular formula is C27H30Cl2N2O6S2. The van der Waals surface area contributed by atoms with Crippen LogP contribution >= 0.6 is 35.0 Å². The Hall–Kier alpha value is -2.79. The lowest BCUT2D eigenvalue weighted by atomic mass is 10.2. The quantitative estimate of drug-likeness (QED) is 0.235. The number of halogens is 2. The lowest BCUT2D eigenvalue weighted by Gasteiger charge is -2.26. The molecule has 8 nitrogen and oxygen atoms in total. The van der Waals surface area contributed by atoms with E-state index in [0.717, 1.165) is 26.4 Å². The van der Waals surface area contributed by atoms with Crippen LogP contribution in [0.4, 0.5) is 5.69 Å². The van der Waals surface area contributed by atoms with E-state index in [0.29, 0.717) is 18.7 Å². The second-order valence-corrected chi connectivity index (χ2v) is 12.0. The number of ether oxygens (including phenoxy) is 3. The van der Waals surface area contributed by atoms with E-state index in [1.807, 2.05) is 24.3 Å². The van der Waals surface area contributed by atoms with E-state index >= 15 is 0 Å². The maximum Gasteiger partial charge on any atom is 0.265 e. The monoisotopic (exact) mass is 612 g/mol. The SMILES string of the molecule is COc1ccc(S(=O)(=O)N(CC(=O)NCCCSCc2ccccc2Cl)c2cc(Cl)ccc2OC)cc1OC. The van der Waals surface area contributed by atoms with Crippen molar-refractivity contribution < 1.29 is 27.4 Å². The number of nitrogens with one attached hydrogen (secondary N) is 1. The van der Waals surface area contributed by atoms with Crippen molar-refractivity contribution in [3.8, 4) is 17.2 Å². The summed E-state index contributed by atoms with van der Waals surface area (Å²) in [6, 6.07) is 16.4. The Balaban J connectivity index is 1.74. The second kappa shape index (κ2) is 14.6. The molecule has 12 heteroatoms. The molecule has 0 aliphatic heterocycles. The van der Waals surface area contributed by atoms with Crippen molar-refractivity contribution in [1.29, 1.82) is 0 Å². The fraction of sp³-hybridized carbons (Fsp3) is 0.296. The topological polar surface area (TPSA) is 94.2 Å². The minimum atomic E-state index is -4.25. The largest absolute Gasteiger partial charge is 0.495 e. The van der Waals surface area contributed by atoms with Gasteiger partial charge >= 0.3 is 0 Å². The third kappa shape index (κ3) is 8.11. The van der Waals surface area contributed by atoms with Gasteiger partial charge in [0.05, 0.1) is 31.9 Å². The number of methoxy groups -OCH3 is 3. The van der Waals surface area contributed by atoms with Gasteiger partial charge in [-0.1, -0.05) is 41.4 Å². The van der Waals surface area contributed by atoms with Crippen LogP contribution in [0.15, 0.2) is 65.6 Å². The summed E-state index contributed by atoms with van der Waals surface area (Å²) in [6.45, 7) is -0.106. The first-order valence-electron chi connectivity index (χ1n) is 11.9. The maximum absolute atomic E-state index is 13.8. The molecule has 0 spiro atoms. The molecule has 0 bridgehead atoms. The number of carbonyl (C=O) groups excluding carboxylic acids is 1. The predicted octanol–water partition coefficient (Wildman–Crippen LogP) is 5.65. The average Bonchev–Trinajstić information content (AvgIpc) is 2.93. The van der Waals surface area contributed by atoms with Gasteiger partial charge in [-0.2, -0.15) is 11.8 Å². The zero-order valence-electron chi connectivity index (χ0n) is 21.8. The van der Waals surface area contributed by atoms with Crippen LogP contribution in [-0.4, -0.2) is 54.5 Å². The Morgan fingerprint density at radius 3 is 2.31 bits per heavy atom. The molecule has 0 fully saturated rings. The van der Waals surface area contributed by atoms with Gasteiger partial charge in [0.2, 0.25) is 5.91 Å². The number of thioether (sulfide) groups is 1. The number of rotatable bonds is 14. The van der Waals surface area contributed by atoms with Gasteiger partial charge in [0.15, 0.2) is 11.5 Å². The summed E-state index contributed by atoms with van der Waals surface area (Å²) in [7, 11) is 0.0248. The summed E-state index contributed by atoms with van der Waals surface area (Å²) in [6.07, 6.45) is 0.698. The van der Waals surface area contributed by atoms with Crippen molar-refractivity contribution in [2.24, 2.45) is 0 Å². The highest BCUT2D eigenvalue weighted by Gasteiger charge is 2.30. The fourth-order valence-electron chi connectivity index (χ4n) is 3.65. The highest BCUT2D eigenvalue weighted by Crippen LogP contribution is 2.37. The second-order valence-electron chi connectivity index (χ2n) is 8.19. The maximum atomic E-state index is 13.8. The summed E-state index contributed by atoms with van der Waals surface area (Å²) in [5.41, 5.74) is 1.19. The Kier molecular flexibility index (Phi) is 11.5. The highest BCUT2D eigenvalue weighted by atomic mass is 35.5. The molecule has 0 aliphatic rings. The first-order chi connectivity index (χ1) is 18.7. The molecule has 3 aromatic carbocycles. The molecule has 1 N–H and O–H groups in total. The van der Waals surface area contributed by atoms with E-state index in [9.17, 15) is 13.2 Å². The number of amides is 1. The normalized spacial score (nSPS) is 11.1.